The van der Waals surface area contributed by atoms with Crippen LogP contribution in [-0.2, 0) is 0 Å². The molecule has 8 heteroatoms. The number of rotatable bonds is 6. The Kier molecular flexibility index (Phi) is 5.83. The fraction of sp³-hybridized carbons (Fsp3) is 0.227. The lowest BCUT2D eigenvalue weighted by atomic mass is 10.0. The number of hydrogen-bond acceptors (Lipinski definition) is 5. The predicted molar refractivity (Wildman–Crippen MR) is 120 cm³/mol. The van der Waals surface area contributed by atoms with Crippen molar-refractivity contribution in [1.29, 1.82) is 0 Å². The summed E-state index contributed by atoms with van der Waals surface area (Å²) in [7, 11) is 3.27. The highest BCUT2D eigenvalue weighted by atomic mass is 35.5. The number of benzene rings is 2. The summed E-state index contributed by atoms with van der Waals surface area (Å²) in [6.45, 7) is 4.12. The van der Waals surface area contributed by atoms with Gasteiger partial charge in [-0.1, -0.05) is 47.5 Å². The molecule has 2 aromatic carbocycles. The van der Waals surface area contributed by atoms with Gasteiger partial charge >= 0.3 is 5.95 Å². The molecule has 0 atom stereocenters. The molecule has 1 N–H and O–H groups in total. The van der Waals surface area contributed by atoms with E-state index in [0.29, 0.717) is 27.6 Å². The Morgan fingerprint density at radius 1 is 1.10 bits per heavy atom. The highest BCUT2D eigenvalue weighted by Crippen LogP contribution is 2.37. The molecule has 2 heterocycles. The lowest BCUT2D eigenvalue weighted by Gasteiger charge is -2.15. The summed E-state index contributed by atoms with van der Waals surface area (Å²) in [6.07, 6.45) is 0. The van der Waals surface area contributed by atoms with Crippen molar-refractivity contribution in [3.63, 3.8) is 0 Å². The van der Waals surface area contributed by atoms with E-state index in [1.807, 2.05) is 43.3 Å². The maximum Gasteiger partial charge on any atom is 0.423 e. The number of aromatic nitrogens is 4. The monoisotopic (exact) mass is 441 g/mol. The fourth-order valence-corrected chi connectivity index (χ4v) is 4.24. The Morgan fingerprint density at radius 2 is 1.87 bits per heavy atom. The minimum atomic E-state index is 0.648. The average Bonchev–Trinajstić information content (AvgIpc) is 3.20. The highest BCUT2D eigenvalue weighted by molar-refractivity contribution is 7.99. The zero-order chi connectivity index (χ0) is 21.3. The number of aryl methyl sites for hydroxylation is 1. The van der Waals surface area contributed by atoms with E-state index in [1.54, 1.807) is 26.0 Å². The van der Waals surface area contributed by atoms with Crippen LogP contribution >= 0.6 is 23.4 Å². The molecule has 0 aliphatic heterocycles. The third-order valence-electron chi connectivity index (χ3n) is 4.79. The summed E-state index contributed by atoms with van der Waals surface area (Å²) in [6, 6.07) is 13.8. The van der Waals surface area contributed by atoms with Crippen LogP contribution < -0.4 is 14.0 Å². The molecule has 4 rings (SSSR count). The molecule has 0 aliphatic carbocycles. The molecule has 2 aromatic heterocycles. The van der Waals surface area contributed by atoms with Crippen molar-refractivity contribution in [2.45, 2.75) is 19.0 Å². The van der Waals surface area contributed by atoms with Gasteiger partial charge in [-0.2, -0.15) is 4.57 Å². The average molecular weight is 442 g/mol. The van der Waals surface area contributed by atoms with E-state index in [0.717, 1.165) is 33.5 Å². The van der Waals surface area contributed by atoms with Crippen LogP contribution in [0.15, 0.2) is 47.6 Å². The number of fused-ring (bicyclic) bond motifs is 1. The molecule has 0 amide bonds. The van der Waals surface area contributed by atoms with E-state index in [1.165, 1.54) is 0 Å². The van der Waals surface area contributed by atoms with Gasteiger partial charge in [-0.15, -0.1) is 5.10 Å². The summed E-state index contributed by atoms with van der Waals surface area (Å²) >= 11 is 7.93. The summed E-state index contributed by atoms with van der Waals surface area (Å²) in [5.74, 6) is 2.88. The van der Waals surface area contributed by atoms with E-state index in [-0.39, 0.29) is 0 Å². The van der Waals surface area contributed by atoms with Crippen LogP contribution in [0.3, 0.4) is 0 Å². The molecule has 154 valence electrons. The molecule has 0 bridgehead atoms. The quantitative estimate of drug-likeness (QED) is 0.337. The molecular formula is C22H22ClN4O2S+. The number of nitrogens with one attached hydrogen (secondary N) is 1. The highest BCUT2D eigenvalue weighted by Gasteiger charge is 2.24. The van der Waals surface area contributed by atoms with Gasteiger partial charge in [0.1, 0.15) is 5.69 Å². The number of thioether (sulfide) groups is 1. The Hall–Kier alpha value is -2.77. The minimum absolute atomic E-state index is 0.648. The third-order valence-corrected chi connectivity index (χ3v) is 5.75. The second kappa shape index (κ2) is 8.53. The van der Waals surface area contributed by atoms with E-state index in [2.05, 4.69) is 27.8 Å². The molecule has 4 aromatic rings. The van der Waals surface area contributed by atoms with Crippen molar-refractivity contribution in [3.8, 4) is 28.7 Å². The number of nitrogens with zero attached hydrogens (tertiary/aromatic N) is 3. The standard InChI is InChI=1S/C22H22ClN4O2S/c1-5-30-22-24-21(25-26-22)27-13(2)9-15-11-18(28-3)19(29-4)12-17(15)20(27)14-7-6-8-16(23)10-14/h6-12H,5H2,1-4H3,(H,24,25,26)/q+1. The molecule has 0 fully saturated rings. The maximum atomic E-state index is 6.34. The van der Waals surface area contributed by atoms with Crippen LogP contribution in [0.5, 0.6) is 11.5 Å². The van der Waals surface area contributed by atoms with E-state index in [4.69, 9.17) is 26.1 Å². The molecule has 0 saturated carbocycles. The molecule has 0 unspecified atom stereocenters. The van der Waals surface area contributed by atoms with Gasteiger partial charge < -0.3 is 9.47 Å². The molecule has 6 nitrogen and oxygen atoms in total. The largest absolute Gasteiger partial charge is 0.493 e. The Bertz CT molecular complexity index is 1230. The van der Waals surface area contributed by atoms with Gasteiger partial charge in [0, 0.05) is 16.0 Å². The lowest BCUT2D eigenvalue weighted by molar-refractivity contribution is -0.597. The lowest BCUT2D eigenvalue weighted by Crippen LogP contribution is -2.38. The van der Waals surface area contributed by atoms with Crippen molar-refractivity contribution >= 4 is 34.1 Å². The van der Waals surface area contributed by atoms with Crippen LogP contribution in [0.25, 0.3) is 28.0 Å². The van der Waals surface area contributed by atoms with Crippen LogP contribution in [0.2, 0.25) is 5.02 Å². The van der Waals surface area contributed by atoms with Crippen molar-refractivity contribution in [2.75, 3.05) is 20.0 Å². The van der Waals surface area contributed by atoms with Crippen molar-refractivity contribution < 1.29 is 14.0 Å². The predicted octanol–water partition coefficient (Wildman–Crippen LogP) is 4.99. The second-order valence-electron chi connectivity index (χ2n) is 6.65. The van der Waals surface area contributed by atoms with Crippen molar-refractivity contribution in [3.05, 3.63) is 53.2 Å². The first-order valence-electron chi connectivity index (χ1n) is 9.48. The zero-order valence-corrected chi connectivity index (χ0v) is 18.8. The number of ether oxygens (including phenoxy) is 2. The summed E-state index contributed by atoms with van der Waals surface area (Å²) in [5, 5.41) is 10.8. The van der Waals surface area contributed by atoms with Crippen molar-refractivity contribution in [1.82, 2.24) is 15.2 Å². The van der Waals surface area contributed by atoms with Gasteiger partial charge in [0.05, 0.1) is 19.9 Å². The van der Waals surface area contributed by atoms with Gasteiger partial charge in [-0.25, -0.2) is 0 Å². The van der Waals surface area contributed by atoms with Crippen LogP contribution in [0.1, 0.15) is 12.6 Å². The Balaban J connectivity index is 2.09. The van der Waals surface area contributed by atoms with Gasteiger partial charge in [0.25, 0.3) is 5.16 Å². The van der Waals surface area contributed by atoms with Crippen LogP contribution in [0.4, 0.5) is 0 Å². The summed E-state index contributed by atoms with van der Waals surface area (Å²) in [4.78, 5) is 4.69. The molecular weight excluding hydrogens is 420 g/mol. The third kappa shape index (κ3) is 3.70. The number of H-pyrrole nitrogens is 1. The van der Waals surface area contributed by atoms with Gasteiger partial charge in [-0.05, 0) is 53.4 Å². The molecule has 30 heavy (non-hydrogen) atoms. The number of pyridine rings is 1. The number of hydrogen-bond donors (Lipinski definition) is 1. The summed E-state index contributed by atoms with van der Waals surface area (Å²) < 4.78 is 13.1. The first-order chi connectivity index (χ1) is 14.5. The van der Waals surface area contributed by atoms with Crippen LogP contribution in [0, 0.1) is 6.92 Å². The van der Waals surface area contributed by atoms with Gasteiger partial charge in [0.15, 0.2) is 11.5 Å². The first-order valence-corrected chi connectivity index (χ1v) is 10.8. The fourth-order valence-electron chi connectivity index (χ4n) is 3.53. The smallest absolute Gasteiger partial charge is 0.423 e. The van der Waals surface area contributed by atoms with E-state index >= 15 is 0 Å². The molecule has 0 radical (unpaired) electrons. The summed E-state index contributed by atoms with van der Waals surface area (Å²) in [5.41, 5.74) is 2.90. The molecule has 0 spiro atoms. The van der Waals surface area contributed by atoms with E-state index < -0.39 is 0 Å². The first kappa shape index (κ1) is 20.5. The Labute approximate surface area is 184 Å². The molecule has 0 aliphatic rings. The molecule has 0 saturated heterocycles. The second-order valence-corrected chi connectivity index (χ2v) is 8.32. The van der Waals surface area contributed by atoms with E-state index in [9.17, 15) is 0 Å². The number of halogens is 1. The van der Waals surface area contributed by atoms with Gasteiger partial charge in [0.2, 0.25) is 0 Å². The van der Waals surface area contributed by atoms with Crippen molar-refractivity contribution in [2.24, 2.45) is 0 Å². The normalized spacial score (nSPS) is 11.1. The number of methoxy groups -OCH3 is 2. The number of aromatic amines is 1. The zero-order valence-electron chi connectivity index (χ0n) is 17.2. The SMILES string of the molecule is CCSc1n[nH]c(-[n+]2c(C)cc3cc(OC)c(OC)cc3c2-c2cccc(Cl)c2)n1. The van der Waals surface area contributed by atoms with Crippen LogP contribution in [-0.4, -0.2) is 35.2 Å². The maximum absolute atomic E-state index is 6.34. The minimum Gasteiger partial charge on any atom is -0.493 e. The topological polar surface area (TPSA) is 63.9 Å². The Morgan fingerprint density at radius 3 is 2.57 bits per heavy atom. The van der Waals surface area contributed by atoms with Gasteiger partial charge in [-0.3, -0.25) is 0 Å².